The predicted octanol–water partition coefficient (Wildman–Crippen LogP) is 6.82. The van der Waals surface area contributed by atoms with Gasteiger partial charge >= 0.3 is 0 Å². The van der Waals surface area contributed by atoms with Crippen molar-refractivity contribution in [1.82, 2.24) is 10.4 Å². The maximum Gasteiger partial charge on any atom is 0.173 e. The summed E-state index contributed by atoms with van der Waals surface area (Å²) in [6, 6.07) is 25.8. The van der Waals surface area contributed by atoms with Gasteiger partial charge in [0.05, 0.1) is 31.1 Å². The Morgan fingerprint density at radius 2 is 1.78 bits per heavy atom. The SMILES string of the molecule is CCCCCOc1ccc(C=NNC(=Nc2ccc(C)cc2)c2ccc3ccccc3n2)cc1OC. The number of amidine groups is 1. The highest BCUT2D eigenvalue weighted by Gasteiger charge is 2.08. The van der Waals surface area contributed by atoms with Gasteiger partial charge in [0.1, 0.15) is 5.69 Å². The lowest BCUT2D eigenvalue weighted by Crippen LogP contribution is -2.20. The molecule has 1 N–H and O–H groups in total. The van der Waals surface area contributed by atoms with E-state index in [4.69, 9.17) is 19.5 Å². The first-order chi connectivity index (χ1) is 17.7. The number of hydrogen-bond donors (Lipinski definition) is 1. The van der Waals surface area contributed by atoms with Gasteiger partial charge in [-0.25, -0.2) is 9.98 Å². The number of aryl methyl sites for hydroxylation is 1. The van der Waals surface area contributed by atoms with Crippen LogP contribution < -0.4 is 14.9 Å². The summed E-state index contributed by atoms with van der Waals surface area (Å²) in [6.07, 6.45) is 5.07. The molecule has 0 unspecified atom stereocenters. The maximum atomic E-state index is 5.88. The Kier molecular flexibility index (Phi) is 8.65. The van der Waals surface area contributed by atoms with Gasteiger partial charge in [-0.1, -0.05) is 61.7 Å². The highest BCUT2D eigenvalue weighted by atomic mass is 16.5. The van der Waals surface area contributed by atoms with Gasteiger partial charge in [0.25, 0.3) is 0 Å². The summed E-state index contributed by atoms with van der Waals surface area (Å²) in [5.41, 5.74) is 7.58. The van der Waals surface area contributed by atoms with Crippen molar-refractivity contribution in [3.05, 3.63) is 95.7 Å². The molecule has 0 atom stereocenters. The van der Waals surface area contributed by atoms with Gasteiger partial charge in [-0.3, -0.25) is 5.43 Å². The number of nitrogens with one attached hydrogen (secondary N) is 1. The van der Waals surface area contributed by atoms with Crippen LogP contribution in [-0.4, -0.2) is 30.8 Å². The van der Waals surface area contributed by atoms with Gasteiger partial charge in [-0.05, 0) is 61.4 Å². The zero-order valence-corrected chi connectivity index (χ0v) is 21.1. The average molecular weight is 481 g/mol. The number of hydrazone groups is 1. The Morgan fingerprint density at radius 3 is 2.58 bits per heavy atom. The second-order valence-electron chi connectivity index (χ2n) is 8.52. The summed E-state index contributed by atoms with van der Waals surface area (Å²) in [5, 5.41) is 5.53. The van der Waals surface area contributed by atoms with E-state index in [-0.39, 0.29) is 0 Å². The van der Waals surface area contributed by atoms with E-state index in [0.717, 1.165) is 47.2 Å². The molecule has 6 heteroatoms. The molecule has 0 fully saturated rings. The van der Waals surface area contributed by atoms with Crippen LogP contribution in [0.15, 0.2) is 89.0 Å². The number of methoxy groups -OCH3 is 1. The van der Waals surface area contributed by atoms with Crippen LogP contribution in [0.1, 0.15) is 43.0 Å². The molecule has 1 aromatic heterocycles. The van der Waals surface area contributed by atoms with Crippen LogP contribution in [0.4, 0.5) is 5.69 Å². The Morgan fingerprint density at radius 1 is 0.944 bits per heavy atom. The number of rotatable bonds is 10. The predicted molar refractivity (Wildman–Crippen MR) is 148 cm³/mol. The first kappa shape index (κ1) is 24.9. The lowest BCUT2D eigenvalue weighted by molar-refractivity contribution is 0.286. The molecular formula is C30H32N4O2. The molecule has 0 spiro atoms. The minimum Gasteiger partial charge on any atom is -0.493 e. The van der Waals surface area contributed by atoms with E-state index in [1.54, 1.807) is 13.3 Å². The van der Waals surface area contributed by atoms with E-state index < -0.39 is 0 Å². The third kappa shape index (κ3) is 6.69. The lowest BCUT2D eigenvalue weighted by atomic mass is 10.2. The minimum absolute atomic E-state index is 0.559. The number of benzene rings is 3. The number of fused-ring (bicyclic) bond motifs is 1. The maximum absolute atomic E-state index is 5.88. The molecule has 0 aliphatic heterocycles. The van der Waals surface area contributed by atoms with Gasteiger partial charge < -0.3 is 9.47 Å². The Labute approximate surface area is 212 Å². The van der Waals surface area contributed by atoms with E-state index in [1.165, 1.54) is 5.56 Å². The zero-order valence-electron chi connectivity index (χ0n) is 21.1. The topological polar surface area (TPSA) is 68.1 Å². The highest BCUT2D eigenvalue weighted by molar-refractivity contribution is 6.00. The second-order valence-corrected chi connectivity index (χ2v) is 8.52. The van der Waals surface area contributed by atoms with Gasteiger partial charge in [0.15, 0.2) is 17.3 Å². The molecule has 0 radical (unpaired) electrons. The van der Waals surface area contributed by atoms with Crippen LogP contribution in [0.3, 0.4) is 0 Å². The van der Waals surface area contributed by atoms with Crippen molar-refractivity contribution in [3.8, 4) is 11.5 Å². The molecule has 0 aliphatic rings. The fourth-order valence-corrected chi connectivity index (χ4v) is 3.67. The highest BCUT2D eigenvalue weighted by Crippen LogP contribution is 2.28. The number of pyridine rings is 1. The van der Waals surface area contributed by atoms with Gasteiger partial charge in [0, 0.05) is 5.39 Å². The van der Waals surface area contributed by atoms with E-state index in [2.05, 4.69) is 24.4 Å². The molecule has 4 aromatic rings. The lowest BCUT2D eigenvalue weighted by Gasteiger charge is -2.11. The van der Waals surface area contributed by atoms with Crippen molar-refractivity contribution in [3.63, 3.8) is 0 Å². The van der Waals surface area contributed by atoms with Gasteiger partial charge in [-0.2, -0.15) is 5.10 Å². The van der Waals surface area contributed by atoms with Crippen molar-refractivity contribution in [2.24, 2.45) is 10.1 Å². The van der Waals surface area contributed by atoms with Crippen molar-refractivity contribution < 1.29 is 9.47 Å². The number of nitrogens with zero attached hydrogens (tertiary/aromatic N) is 3. The van der Waals surface area contributed by atoms with E-state index in [1.807, 2.05) is 78.9 Å². The third-order valence-corrected chi connectivity index (χ3v) is 5.69. The molecular weight excluding hydrogens is 448 g/mol. The molecule has 0 amide bonds. The Hall–Kier alpha value is -4.19. The number of hydrogen-bond acceptors (Lipinski definition) is 5. The van der Waals surface area contributed by atoms with Crippen molar-refractivity contribution in [1.29, 1.82) is 0 Å². The van der Waals surface area contributed by atoms with Crippen LogP contribution in [0.5, 0.6) is 11.5 Å². The van der Waals surface area contributed by atoms with Crippen molar-refractivity contribution >= 4 is 28.6 Å². The number of ether oxygens (including phenoxy) is 2. The summed E-state index contributed by atoms with van der Waals surface area (Å²) < 4.78 is 11.4. The molecule has 0 bridgehead atoms. The average Bonchev–Trinajstić information content (AvgIpc) is 2.92. The second kappa shape index (κ2) is 12.5. The minimum atomic E-state index is 0.559. The largest absolute Gasteiger partial charge is 0.493 e. The van der Waals surface area contributed by atoms with Gasteiger partial charge in [0.2, 0.25) is 0 Å². The monoisotopic (exact) mass is 480 g/mol. The number of unbranched alkanes of at least 4 members (excludes halogenated alkanes) is 2. The molecule has 1 heterocycles. The zero-order chi connectivity index (χ0) is 25.2. The molecule has 36 heavy (non-hydrogen) atoms. The van der Waals surface area contributed by atoms with Crippen molar-refractivity contribution in [2.75, 3.05) is 13.7 Å². The normalized spacial score (nSPS) is 11.7. The fourth-order valence-electron chi connectivity index (χ4n) is 3.67. The molecule has 0 aliphatic carbocycles. The molecule has 6 nitrogen and oxygen atoms in total. The van der Waals surface area contributed by atoms with Gasteiger partial charge in [-0.15, -0.1) is 0 Å². The molecule has 4 rings (SSSR count). The summed E-state index contributed by atoms with van der Waals surface area (Å²) in [7, 11) is 1.64. The number of aromatic nitrogens is 1. The van der Waals surface area contributed by atoms with Crippen LogP contribution >= 0.6 is 0 Å². The number of para-hydroxylation sites is 1. The summed E-state index contributed by atoms with van der Waals surface area (Å²) >= 11 is 0. The van der Waals surface area contributed by atoms with Crippen molar-refractivity contribution in [2.45, 2.75) is 33.1 Å². The summed E-state index contributed by atoms with van der Waals surface area (Å²) in [4.78, 5) is 9.58. The molecule has 0 saturated carbocycles. The van der Waals surface area contributed by atoms with E-state index in [0.29, 0.717) is 23.9 Å². The van der Waals surface area contributed by atoms with Crippen LogP contribution in [0.25, 0.3) is 10.9 Å². The molecule has 0 saturated heterocycles. The molecule has 3 aromatic carbocycles. The summed E-state index contributed by atoms with van der Waals surface area (Å²) in [6.45, 7) is 4.91. The molecule has 184 valence electrons. The third-order valence-electron chi connectivity index (χ3n) is 5.69. The van der Waals surface area contributed by atoms with Crippen LogP contribution in [-0.2, 0) is 0 Å². The van der Waals surface area contributed by atoms with E-state index in [9.17, 15) is 0 Å². The Bertz CT molecular complexity index is 1350. The summed E-state index contributed by atoms with van der Waals surface area (Å²) in [5.74, 6) is 1.98. The van der Waals surface area contributed by atoms with E-state index >= 15 is 0 Å². The quantitative estimate of drug-likeness (QED) is 0.117. The first-order valence-electron chi connectivity index (χ1n) is 12.3. The first-order valence-corrected chi connectivity index (χ1v) is 12.3. The van der Waals surface area contributed by atoms with Crippen LogP contribution in [0, 0.1) is 6.92 Å². The number of aliphatic imine (C=N–C) groups is 1. The standard InChI is InChI=1S/C30H32N4O2/c1-4-5-8-19-36-28-18-13-23(20-29(28)35-3)21-31-34-30(32-25-15-11-22(2)12-16-25)27-17-14-24-9-6-7-10-26(24)33-27/h6-7,9-18,20-21H,4-5,8,19H2,1-3H3,(H,32,34). The van der Waals surface area contributed by atoms with Crippen LogP contribution in [0.2, 0.25) is 0 Å². The smallest absolute Gasteiger partial charge is 0.173 e. The Balaban J connectivity index is 1.56. The fraction of sp³-hybridized carbons (Fsp3) is 0.233.